The van der Waals surface area contributed by atoms with Gasteiger partial charge in [-0.1, -0.05) is 17.7 Å². The number of hydrogen-bond donors (Lipinski definition) is 2. The molecule has 2 N–H and O–H groups in total. The Labute approximate surface area is 219 Å². The van der Waals surface area contributed by atoms with Gasteiger partial charge >= 0.3 is 0 Å². The molecule has 0 radical (unpaired) electrons. The largest absolute Gasteiger partial charge is 0.456 e. The van der Waals surface area contributed by atoms with E-state index in [4.69, 9.17) is 16.3 Å². The Hall–Kier alpha value is -3.79. The molecule has 0 saturated carbocycles. The molecule has 1 amide bonds. The van der Waals surface area contributed by atoms with Crippen molar-refractivity contribution in [3.05, 3.63) is 77.8 Å². The summed E-state index contributed by atoms with van der Waals surface area (Å²) >= 11 is 6.43. The number of halogens is 2. The highest BCUT2D eigenvalue weighted by Gasteiger charge is 2.17. The standard InChI is InChI=1S/C27H26ClFN6O2/c1-34-9-11-35(12-10-34)16-26(36)32-19-5-7-24-22(14-19)27(31-17-30-24)33-20-6-8-25(23(28)15-20)37-21-4-2-3-18(29)13-21/h2-8,13-15,17H,9-12,16H2,1H3,(H,32,36)(H,30,31,33). The lowest BCUT2D eigenvalue weighted by Crippen LogP contribution is -2.47. The molecule has 3 aromatic carbocycles. The lowest BCUT2D eigenvalue weighted by Gasteiger charge is -2.31. The van der Waals surface area contributed by atoms with Crippen LogP contribution in [-0.2, 0) is 4.79 Å². The van der Waals surface area contributed by atoms with Crippen molar-refractivity contribution in [3.63, 3.8) is 0 Å². The number of ether oxygens (including phenoxy) is 1. The van der Waals surface area contributed by atoms with E-state index in [1.54, 1.807) is 30.3 Å². The third-order valence-electron chi connectivity index (χ3n) is 6.10. The first-order chi connectivity index (χ1) is 17.9. The summed E-state index contributed by atoms with van der Waals surface area (Å²) < 4.78 is 19.2. The van der Waals surface area contributed by atoms with Gasteiger partial charge in [-0.05, 0) is 55.6 Å². The zero-order chi connectivity index (χ0) is 25.8. The molecule has 10 heteroatoms. The first-order valence-corrected chi connectivity index (χ1v) is 12.3. The van der Waals surface area contributed by atoms with Gasteiger partial charge in [-0.25, -0.2) is 14.4 Å². The van der Waals surface area contributed by atoms with E-state index in [0.717, 1.165) is 37.1 Å². The molecule has 190 valence electrons. The Morgan fingerprint density at radius 2 is 1.84 bits per heavy atom. The van der Waals surface area contributed by atoms with E-state index in [1.165, 1.54) is 18.5 Å². The Balaban J connectivity index is 1.30. The topological polar surface area (TPSA) is 82.6 Å². The number of carbonyl (C=O) groups is 1. The molecule has 0 spiro atoms. The van der Waals surface area contributed by atoms with Crippen LogP contribution in [0, 0.1) is 5.82 Å². The smallest absolute Gasteiger partial charge is 0.238 e. The zero-order valence-corrected chi connectivity index (χ0v) is 21.0. The van der Waals surface area contributed by atoms with Crippen LogP contribution in [0.5, 0.6) is 11.5 Å². The van der Waals surface area contributed by atoms with Crippen molar-refractivity contribution in [3.8, 4) is 11.5 Å². The van der Waals surface area contributed by atoms with Crippen LogP contribution >= 0.6 is 11.6 Å². The first kappa shape index (κ1) is 24.9. The molecule has 8 nitrogen and oxygen atoms in total. The monoisotopic (exact) mass is 520 g/mol. The van der Waals surface area contributed by atoms with Gasteiger partial charge in [-0.3, -0.25) is 9.69 Å². The second-order valence-electron chi connectivity index (χ2n) is 8.91. The lowest BCUT2D eigenvalue weighted by atomic mass is 10.2. The van der Waals surface area contributed by atoms with Gasteiger partial charge in [-0.2, -0.15) is 0 Å². The number of piperazine rings is 1. The van der Waals surface area contributed by atoms with Crippen LogP contribution < -0.4 is 15.4 Å². The second kappa shape index (κ2) is 11.1. The van der Waals surface area contributed by atoms with E-state index in [-0.39, 0.29) is 5.91 Å². The fourth-order valence-electron chi connectivity index (χ4n) is 4.10. The minimum atomic E-state index is -0.391. The molecule has 1 aliphatic rings. The molecule has 0 bridgehead atoms. The normalized spacial score (nSPS) is 14.5. The van der Waals surface area contributed by atoms with Gasteiger partial charge in [0.1, 0.15) is 29.5 Å². The van der Waals surface area contributed by atoms with E-state index in [1.807, 2.05) is 18.2 Å². The van der Waals surface area contributed by atoms with Crippen LogP contribution in [0.4, 0.5) is 21.6 Å². The van der Waals surface area contributed by atoms with Crippen LogP contribution in [0.2, 0.25) is 5.02 Å². The molecule has 0 aliphatic carbocycles. The average molecular weight is 521 g/mol. The summed E-state index contributed by atoms with van der Waals surface area (Å²) in [6, 6.07) is 16.6. The van der Waals surface area contributed by atoms with E-state index in [2.05, 4.69) is 37.4 Å². The molecule has 37 heavy (non-hydrogen) atoms. The molecule has 1 saturated heterocycles. The minimum absolute atomic E-state index is 0.0593. The van der Waals surface area contributed by atoms with E-state index in [9.17, 15) is 9.18 Å². The Morgan fingerprint density at radius 1 is 1.03 bits per heavy atom. The summed E-state index contributed by atoms with van der Waals surface area (Å²) in [6.45, 7) is 4.01. The number of aromatic nitrogens is 2. The fourth-order valence-corrected chi connectivity index (χ4v) is 4.32. The van der Waals surface area contributed by atoms with E-state index < -0.39 is 5.82 Å². The van der Waals surface area contributed by atoms with Crippen molar-refractivity contribution < 1.29 is 13.9 Å². The SMILES string of the molecule is CN1CCN(CC(=O)Nc2ccc3ncnc(Nc4ccc(Oc5cccc(F)c5)c(Cl)c4)c3c2)CC1. The Bertz CT molecular complexity index is 1430. The molecule has 1 aliphatic heterocycles. The third kappa shape index (κ3) is 6.32. The summed E-state index contributed by atoms with van der Waals surface area (Å²) in [5.41, 5.74) is 2.08. The quantitative estimate of drug-likeness (QED) is 0.349. The molecular weight excluding hydrogens is 495 g/mol. The van der Waals surface area contributed by atoms with E-state index in [0.29, 0.717) is 40.3 Å². The molecule has 0 atom stereocenters. The highest BCUT2D eigenvalue weighted by molar-refractivity contribution is 6.32. The van der Waals surface area contributed by atoms with Crippen molar-refractivity contribution in [2.75, 3.05) is 50.4 Å². The van der Waals surface area contributed by atoms with Gasteiger partial charge < -0.3 is 20.3 Å². The summed E-state index contributed by atoms with van der Waals surface area (Å²) in [5, 5.41) is 7.34. The van der Waals surface area contributed by atoms with Gasteiger partial charge in [0.15, 0.2) is 0 Å². The van der Waals surface area contributed by atoms with Crippen LogP contribution in [0.25, 0.3) is 10.9 Å². The van der Waals surface area contributed by atoms with Crippen molar-refractivity contribution in [1.29, 1.82) is 0 Å². The van der Waals surface area contributed by atoms with Crippen LogP contribution in [0.15, 0.2) is 67.0 Å². The second-order valence-corrected chi connectivity index (χ2v) is 9.32. The number of hydrogen-bond acceptors (Lipinski definition) is 7. The predicted molar refractivity (Wildman–Crippen MR) is 143 cm³/mol. The molecule has 4 aromatic rings. The number of likely N-dealkylation sites (N-methyl/N-ethyl adjacent to an activating group) is 1. The van der Waals surface area contributed by atoms with Crippen molar-refractivity contribution >= 4 is 45.6 Å². The van der Waals surface area contributed by atoms with Crippen molar-refractivity contribution in [1.82, 2.24) is 19.8 Å². The number of benzene rings is 3. The van der Waals surface area contributed by atoms with Gasteiger partial charge in [0.2, 0.25) is 5.91 Å². The maximum absolute atomic E-state index is 13.5. The number of fused-ring (bicyclic) bond motifs is 1. The summed E-state index contributed by atoms with van der Waals surface area (Å²) in [6.07, 6.45) is 1.47. The average Bonchev–Trinajstić information content (AvgIpc) is 2.87. The molecule has 2 heterocycles. The number of amides is 1. The highest BCUT2D eigenvalue weighted by Crippen LogP contribution is 2.33. The first-order valence-electron chi connectivity index (χ1n) is 11.9. The summed E-state index contributed by atoms with van der Waals surface area (Å²) in [7, 11) is 2.09. The predicted octanol–water partition coefficient (Wildman–Crippen LogP) is 5.14. The zero-order valence-electron chi connectivity index (χ0n) is 20.2. The van der Waals surface area contributed by atoms with Gasteiger partial charge in [0.05, 0.1) is 17.1 Å². The maximum atomic E-state index is 13.5. The molecule has 0 unspecified atom stereocenters. The molecule has 1 aromatic heterocycles. The number of anilines is 3. The lowest BCUT2D eigenvalue weighted by molar-refractivity contribution is -0.117. The number of nitrogens with zero attached hydrogens (tertiary/aromatic N) is 4. The number of nitrogens with one attached hydrogen (secondary N) is 2. The number of rotatable bonds is 7. The molecule has 5 rings (SSSR count). The Morgan fingerprint density at radius 3 is 2.62 bits per heavy atom. The van der Waals surface area contributed by atoms with Crippen LogP contribution in [-0.4, -0.2) is 65.4 Å². The van der Waals surface area contributed by atoms with Crippen molar-refractivity contribution in [2.45, 2.75) is 0 Å². The molecule has 1 fully saturated rings. The minimum Gasteiger partial charge on any atom is -0.456 e. The Kier molecular flexibility index (Phi) is 7.45. The highest BCUT2D eigenvalue weighted by atomic mass is 35.5. The fraction of sp³-hybridized carbons (Fsp3) is 0.222. The van der Waals surface area contributed by atoms with Gasteiger partial charge in [0.25, 0.3) is 0 Å². The molecular formula is C27H26ClFN6O2. The van der Waals surface area contributed by atoms with E-state index >= 15 is 0 Å². The van der Waals surface area contributed by atoms with Gasteiger partial charge in [-0.15, -0.1) is 0 Å². The summed E-state index contributed by atoms with van der Waals surface area (Å²) in [5.74, 6) is 0.866. The summed E-state index contributed by atoms with van der Waals surface area (Å²) in [4.78, 5) is 25.8. The third-order valence-corrected chi connectivity index (χ3v) is 6.40. The van der Waals surface area contributed by atoms with Crippen LogP contribution in [0.3, 0.4) is 0 Å². The number of carbonyl (C=O) groups excluding carboxylic acids is 1. The van der Waals surface area contributed by atoms with Crippen molar-refractivity contribution in [2.24, 2.45) is 0 Å². The van der Waals surface area contributed by atoms with Gasteiger partial charge in [0, 0.05) is 49.0 Å². The van der Waals surface area contributed by atoms with Crippen LogP contribution in [0.1, 0.15) is 0 Å². The maximum Gasteiger partial charge on any atom is 0.238 e.